The molecule has 3 rings (SSSR count). The van der Waals surface area contributed by atoms with Gasteiger partial charge in [0, 0.05) is 18.8 Å². The second-order valence-corrected chi connectivity index (χ2v) is 8.07. The van der Waals surface area contributed by atoms with Crippen LogP contribution in [0.2, 0.25) is 0 Å². The van der Waals surface area contributed by atoms with E-state index in [2.05, 4.69) is 20.6 Å². The summed E-state index contributed by atoms with van der Waals surface area (Å²) in [4.78, 5) is 33.5. The van der Waals surface area contributed by atoms with Gasteiger partial charge in [-0.05, 0) is 17.9 Å². The lowest BCUT2D eigenvalue weighted by Gasteiger charge is -2.28. The zero-order valence-corrected chi connectivity index (χ0v) is 17.5. The zero-order chi connectivity index (χ0) is 22.1. The fourth-order valence-corrected chi connectivity index (χ4v) is 4.03. The highest BCUT2D eigenvalue weighted by Gasteiger charge is 2.32. The van der Waals surface area contributed by atoms with E-state index in [9.17, 15) is 19.6 Å². The van der Waals surface area contributed by atoms with Crippen molar-refractivity contribution in [3.05, 3.63) is 60.2 Å². The largest absolute Gasteiger partial charge is 0.475 e. The van der Waals surface area contributed by atoms with E-state index < -0.39 is 30.9 Å². The number of rotatable bonds is 9. The summed E-state index contributed by atoms with van der Waals surface area (Å²) >= 11 is 0. The molecule has 1 fully saturated rings. The standard InChI is InChI=1S/C22H29BN4O4/c28-21(27-20(23(30)31)14-17-9-5-2-6-10-17)18(13-16-7-3-1-4-8-16)26-22(29)19-15-24-11-12-25-19/h1,3-4,7-8,11-12,15,17-18,20,30-31H,2,5-6,9-10,13-14H2,(H,26,29)(H,27,28)/t18-,20-/m0/s1. The van der Waals surface area contributed by atoms with Gasteiger partial charge in [-0.25, -0.2) is 4.98 Å². The Balaban J connectivity index is 1.71. The number of nitrogens with zero attached hydrogens (tertiary/aromatic N) is 2. The number of hydrogen-bond donors (Lipinski definition) is 4. The Hall–Kier alpha value is -2.78. The first kappa shape index (κ1) is 22.9. The Morgan fingerprint density at radius 1 is 1.06 bits per heavy atom. The fourth-order valence-electron chi connectivity index (χ4n) is 4.03. The highest BCUT2D eigenvalue weighted by atomic mass is 16.4. The second-order valence-electron chi connectivity index (χ2n) is 8.07. The van der Waals surface area contributed by atoms with Gasteiger partial charge in [-0.15, -0.1) is 0 Å². The summed E-state index contributed by atoms with van der Waals surface area (Å²) < 4.78 is 0. The Labute approximate surface area is 182 Å². The quantitative estimate of drug-likeness (QED) is 0.450. The van der Waals surface area contributed by atoms with Gasteiger partial charge in [-0.2, -0.15) is 0 Å². The van der Waals surface area contributed by atoms with Gasteiger partial charge in [-0.1, -0.05) is 62.4 Å². The summed E-state index contributed by atoms with van der Waals surface area (Å²) in [5, 5.41) is 25.2. The van der Waals surface area contributed by atoms with Gasteiger partial charge >= 0.3 is 7.12 Å². The molecule has 0 aliphatic heterocycles. The number of aromatic nitrogens is 2. The summed E-state index contributed by atoms with van der Waals surface area (Å²) in [6.07, 6.45) is 10.4. The molecular weight excluding hydrogens is 395 g/mol. The van der Waals surface area contributed by atoms with Crippen LogP contribution in [0.3, 0.4) is 0 Å². The average Bonchev–Trinajstić information content (AvgIpc) is 2.80. The van der Waals surface area contributed by atoms with E-state index in [0.717, 1.165) is 31.2 Å². The molecule has 0 saturated heterocycles. The first-order valence-electron chi connectivity index (χ1n) is 10.8. The summed E-state index contributed by atoms with van der Waals surface area (Å²) in [5.41, 5.74) is 0.977. The Bertz CT molecular complexity index is 832. The number of amides is 2. The molecule has 1 aromatic heterocycles. The van der Waals surface area contributed by atoms with E-state index in [0.29, 0.717) is 12.3 Å². The maximum atomic E-state index is 13.1. The Kier molecular flexibility index (Phi) is 8.55. The number of nitrogens with one attached hydrogen (secondary N) is 2. The Morgan fingerprint density at radius 3 is 2.45 bits per heavy atom. The first-order chi connectivity index (χ1) is 15.0. The van der Waals surface area contributed by atoms with Crippen molar-refractivity contribution in [2.75, 3.05) is 0 Å². The third-order valence-corrected chi connectivity index (χ3v) is 5.70. The second kappa shape index (κ2) is 11.6. The smallest absolute Gasteiger partial charge is 0.426 e. The molecular formula is C22H29BN4O4. The minimum absolute atomic E-state index is 0.106. The predicted molar refractivity (Wildman–Crippen MR) is 117 cm³/mol. The van der Waals surface area contributed by atoms with Crippen LogP contribution in [0.5, 0.6) is 0 Å². The van der Waals surface area contributed by atoms with E-state index in [4.69, 9.17) is 0 Å². The number of carbonyl (C=O) groups is 2. The molecule has 0 radical (unpaired) electrons. The van der Waals surface area contributed by atoms with E-state index >= 15 is 0 Å². The normalized spacial score (nSPS) is 16.2. The van der Waals surface area contributed by atoms with Crippen LogP contribution in [0.15, 0.2) is 48.9 Å². The molecule has 0 unspecified atom stereocenters. The lowest BCUT2D eigenvalue weighted by atomic mass is 9.71. The van der Waals surface area contributed by atoms with Gasteiger partial charge in [0.1, 0.15) is 11.7 Å². The maximum Gasteiger partial charge on any atom is 0.475 e. The zero-order valence-electron chi connectivity index (χ0n) is 17.5. The molecule has 1 aliphatic carbocycles. The van der Waals surface area contributed by atoms with Crippen molar-refractivity contribution in [3.63, 3.8) is 0 Å². The molecule has 2 atom stereocenters. The molecule has 1 aromatic carbocycles. The predicted octanol–water partition coefficient (Wildman–Crippen LogP) is 1.28. The lowest BCUT2D eigenvalue weighted by Crippen LogP contribution is -2.55. The summed E-state index contributed by atoms with van der Waals surface area (Å²) in [7, 11) is -1.67. The van der Waals surface area contributed by atoms with E-state index in [1.54, 1.807) is 0 Å². The van der Waals surface area contributed by atoms with Crippen molar-refractivity contribution in [3.8, 4) is 0 Å². The van der Waals surface area contributed by atoms with E-state index in [1.807, 2.05) is 30.3 Å². The summed E-state index contributed by atoms with van der Waals surface area (Å²) in [5.74, 6) is -1.42. The van der Waals surface area contributed by atoms with Crippen molar-refractivity contribution < 1.29 is 19.6 Å². The molecule has 8 nitrogen and oxygen atoms in total. The van der Waals surface area contributed by atoms with E-state index in [-0.39, 0.29) is 12.1 Å². The SMILES string of the molecule is O=C(N[C@@H](Cc1ccccc1)C(=O)N[C@@H](CC1CCCCC1)B(O)O)c1cnccn1. The minimum atomic E-state index is -1.67. The van der Waals surface area contributed by atoms with Crippen LogP contribution in [0, 0.1) is 5.92 Å². The average molecular weight is 424 g/mol. The van der Waals surface area contributed by atoms with Gasteiger partial charge < -0.3 is 20.7 Å². The van der Waals surface area contributed by atoms with Crippen molar-refractivity contribution in [1.29, 1.82) is 0 Å². The van der Waals surface area contributed by atoms with Crippen LogP contribution >= 0.6 is 0 Å². The van der Waals surface area contributed by atoms with Gasteiger partial charge in [0.2, 0.25) is 5.91 Å². The lowest BCUT2D eigenvalue weighted by molar-refractivity contribution is -0.123. The van der Waals surface area contributed by atoms with Gasteiger partial charge in [0.05, 0.1) is 12.1 Å². The topological polar surface area (TPSA) is 124 Å². The van der Waals surface area contributed by atoms with Crippen molar-refractivity contribution >= 4 is 18.9 Å². The molecule has 31 heavy (non-hydrogen) atoms. The number of benzene rings is 1. The molecule has 1 heterocycles. The highest BCUT2D eigenvalue weighted by molar-refractivity contribution is 6.43. The van der Waals surface area contributed by atoms with Crippen molar-refractivity contribution in [1.82, 2.24) is 20.6 Å². The first-order valence-corrected chi connectivity index (χ1v) is 10.8. The third kappa shape index (κ3) is 7.15. The van der Waals surface area contributed by atoms with Crippen LogP contribution in [0.25, 0.3) is 0 Å². The molecule has 0 spiro atoms. The van der Waals surface area contributed by atoms with Crippen LogP contribution in [-0.2, 0) is 11.2 Å². The molecule has 2 aromatic rings. The molecule has 1 saturated carbocycles. The van der Waals surface area contributed by atoms with Crippen LogP contribution in [0.4, 0.5) is 0 Å². The van der Waals surface area contributed by atoms with Crippen LogP contribution in [0.1, 0.15) is 54.6 Å². The van der Waals surface area contributed by atoms with Gasteiger partial charge in [-0.3, -0.25) is 14.6 Å². The number of carbonyl (C=O) groups excluding carboxylic acids is 2. The highest BCUT2D eigenvalue weighted by Crippen LogP contribution is 2.27. The monoisotopic (exact) mass is 424 g/mol. The molecule has 164 valence electrons. The van der Waals surface area contributed by atoms with Crippen LogP contribution < -0.4 is 10.6 Å². The molecule has 4 N–H and O–H groups in total. The Morgan fingerprint density at radius 2 is 1.81 bits per heavy atom. The molecule has 1 aliphatic rings. The van der Waals surface area contributed by atoms with Crippen LogP contribution in [-0.4, -0.2) is 50.9 Å². The fraction of sp³-hybridized carbons (Fsp3) is 0.455. The minimum Gasteiger partial charge on any atom is -0.426 e. The molecule has 0 bridgehead atoms. The van der Waals surface area contributed by atoms with Crippen molar-refractivity contribution in [2.45, 2.75) is 56.9 Å². The van der Waals surface area contributed by atoms with E-state index in [1.165, 1.54) is 25.0 Å². The summed E-state index contributed by atoms with van der Waals surface area (Å²) in [6.45, 7) is 0. The summed E-state index contributed by atoms with van der Waals surface area (Å²) in [6, 6.07) is 8.43. The maximum absolute atomic E-state index is 13.1. The third-order valence-electron chi connectivity index (χ3n) is 5.70. The molecule has 2 amide bonds. The van der Waals surface area contributed by atoms with Gasteiger partial charge in [0.25, 0.3) is 5.91 Å². The molecule has 9 heteroatoms. The number of hydrogen-bond acceptors (Lipinski definition) is 6. The van der Waals surface area contributed by atoms with Crippen molar-refractivity contribution in [2.24, 2.45) is 5.92 Å². The van der Waals surface area contributed by atoms with Gasteiger partial charge in [0.15, 0.2) is 0 Å².